The van der Waals surface area contributed by atoms with Gasteiger partial charge in [-0.2, -0.15) is 0 Å². The van der Waals surface area contributed by atoms with Crippen LogP contribution >= 0.6 is 34.5 Å². The van der Waals surface area contributed by atoms with Crippen molar-refractivity contribution in [1.82, 2.24) is 10.3 Å². The first kappa shape index (κ1) is 18.2. The molecule has 1 aromatic heterocycles. The van der Waals surface area contributed by atoms with Crippen LogP contribution in [0.5, 0.6) is 5.75 Å². The molecule has 1 atom stereocenters. The summed E-state index contributed by atoms with van der Waals surface area (Å²) in [6.45, 7) is 0.937. The van der Waals surface area contributed by atoms with Crippen molar-refractivity contribution in [1.29, 1.82) is 0 Å². The van der Waals surface area contributed by atoms with E-state index in [4.69, 9.17) is 23.2 Å². The number of fused-ring (bicyclic) bond motifs is 1. The average Bonchev–Trinajstić information content (AvgIpc) is 2.93. The first-order chi connectivity index (χ1) is 11.9. The fraction of sp³-hybridized carbons (Fsp3) is 0.235. The van der Waals surface area contributed by atoms with Crippen LogP contribution in [-0.4, -0.2) is 28.3 Å². The predicted octanol–water partition coefficient (Wildman–Crippen LogP) is 3.47. The number of thiazole rings is 1. The molecule has 2 aromatic carbocycles. The molecule has 0 aliphatic carbocycles. The van der Waals surface area contributed by atoms with E-state index in [-0.39, 0.29) is 10.6 Å². The molecule has 8 heteroatoms. The van der Waals surface area contributed by atoms with Gasteiger partial charge in [-0.05, 0) is 36.7 Å². The van der Waals surface area contributed by atoms with E-state index in [9.17, 15) is 15.0 Å². The Bertz CT molecular complexity index is 955. The second-order valence-corrected chi connectivity index (χ2v) is 7.44. The fourth-order valence-corrected chi connectivity index (χ4v) is 3.79. The molecule has 5 nitrogen and oxygen atoms in total. The van der Waals surface area contributed by atoms with Crippen LogP contribution in [0, 0.1) is 0 Å². The van der Waals surface area contributed by atoms with Crippen LogP contribution in [0.25, 0.3) is 10.2 Å². The molecule has 0 bridgehead atoms. The summed E-state index contributed by atoms with van der Waals surface area (Å²) in [5.41, 5.74) is 2.10. The second-order valence-electron chi connectivity index (χ2n) is 5.64. The van der Waals surface area contributed by atoms with Crippen molar-refractivity contribution < 1.29 is 10.2 Å². The number of hydrogen-bond acceptors (Lipinski definition) is 5. The van der Waals surface area contributed by atoms with Gasteiger partial charge in [0.15, 0.2) is 0 Å². The monoisotopic (exact) mass is 398 g/mol. The molecule has 3 rings (SSSR count). The van der Waals surface area contributed by atoms with Gasteiger partial charge in [0.25, 0.3) is 0 Å². The zero-order valence-corrected chi connectivity index (χ0v) is 15.4. The molecule has 132 valence electrons. The maximum Gasteiger partial charge on any atom is 0.305 e. The number of benzene rings is 2. The molecule has 4 N–H and O–H groups in total. The van der Waals surface area contributed by atoms with E-state index in [1.54, 1.807) is 6.07 Å². The largest absolute Gasteiger partial charge is 0.508 e. The van der Waals surface area contributed by atoms with E-state index in [1.807, 2.05) is 12.1 Å². The molecule has 0 aliphatic rings. The lowest BCUT2D eigenvalue weighted by molar-refractivity contribution is 0.176. The van der Waals surface area contributed by atoms with E-state index in [0.29, 0.717) is 38.9 Å². The van der Waals surface area contributed by atoms with Crippen LogP contribution in [-0.2, 0) is 6.42 Å². The minimum atomic E-state index is -0.838. The number of phenols is 1. The molecule has 1 heterocycles. The molecule has 3 aromatic rings. The standard InChI is InChI=1S/C17H16Cl2N2O3S/c18-12-2-1-9(5-13(12)19)3-4-20-8-15(23)11-6-10(22)7-14-16(11)25-17(24)21-14/h1-2,5-7,15,20,22-23H,3-4,8H2,(H,21,24). The number of phenolic OH excluding ortho intramolecular Hbond substituents is 1. The number of aliphatic hydroxyl groups is 1. The van der Waals surface area contributed by atoms with Crippen LogP contribution in [0.1, 0.15) is 17.2 Å². The van der Waals surface area contributed by atoms with Crippen molar-refractivity contribution >= 4 is 44.8 Å². The molecule has 0 saturated carbocycles. The maximum absolute atomic E-state index is 11.5. The summed E-state index contributed by atoms with van der Waals surface area (Å²) < 4.78 is 0.654. The van der Waals surface area contributed by atoms with Crippen LogP contribution in [0.4, 0.5) is 0 Å². The summed E-state index contributed by atoms with van der Waals surface area (Å²) in [6, 6.07) is 8.43. The lowest BCUT2D eigenvalue weighted by Crippen LogP contribution is -2.23. The number of H-pyrrole nitrogens is 1. The Labute approximate surface area is 157 Å². The molecule has 25 heavy (non-hydrogen) atoms. The summed E-state index contributed by atoms with van der Waals surface area (Å²) in [5, 5.41) is 24.4. The van der Waals surface area contributed by atoms with Gasteiger partial charge in [-0.15, -0.1) is 0 Å². The highest BCUT2D eigenvalue weighted by atomic mass is 35.5. The summed E-state index contributed by atoms with van der Waals surface area (Å²) >= 11 is 12.9. The Morgan fingerprint density at radius 1 is 1.20 bits per heavy atom. The van der Waals surface area contributed by atoms with Crippen LogP contribution < -0.4 is 10.2 Å². The third kappa shape index (κ3) is 4.34. The Hall–Kier alpha value is -1.57. The molecule has 0 aliphatic heterocycles. The molecule has 1 unspecified atom stereocenters. The van der Waals surface area contributed by atoms with Crippen molar-refractivity contribution in [3.63, 3.8) is 0 Å². The van der Waals surface area contributed by atoms with E-state index in [2.05, 4.69) is 10.3 Å². The van der Waals surface area contributed by atoms with E-state index in [0.717, 1.165) is 23.3 Å². The summed E-state index contributed by atoms with van der Waals surface area (Å²) in [7, 11) is 0. The molecule has 0 saturated heterocycles. The van der Waals surface area contributed by atoms with Gasteiger partial charge in [0.05, 0.1) is 26.4 Å². The zero-order valence-electron chi connectivity index (χ0n) is 13.1. The number of hydrogen-bond donors (Lipinski definition) is 4. The normalized spacial score (nSPS) is 12.6. The first-order valence-electron chi connectivity index (χ1n) is 7.62. The third-order valence-electron chi connectivity index (χ3n) is 3.81. The summed E-state index contributed by atoms with van der Waals surface area (Å²) in [6.07, 6.45) is -0.105. The van der Waals surface area contributed by atoms with Gasteiger partial charge in [-0.3, -0.25) is 4.79 Å². The van der Waals surface area contributed by atoms with Gasteiger partial charge >= 0.3 is 4.87 Å². The highest BCUT2D eigenvalue weighted by Crippen LogP contribution is 2.29. The van der Waals surface area contributed by atoms with Crippen LogP contribution in [0.15, 0.2) is 35.1 Å². The number of aromatic nitrogens is 1. The zero-order chi connectivity index (χ0) is 18.0. The summed E-state index contributed by atoms with van der Waals surface area (Å²) in [5.74, 6) is 0.00593. The Balaban J connectivity index is 1.62. The fourth-order valence-electron chi connectivity index (χ4n) is 2.59. The number of aliphatic hydroxyl groups excluding tert-OH is 1. The highest BCUT2D eigenvalue weighted by Gasteiger charge is 2.15. The minimum absolute atomic E-state index is 0.00593. The van der Waals surface area contributed by atoms with Gasteiger partial charge in [0, 0.05) is 18.2 Å². The van der Waals surface area contributed by atoms with Gasteiger partial charge in [-0.25, -0.2) is 0 Å². The molecular formula is C17H16Cl2N2O3S. The average molecular weight is 399 g/mol. The van der Waals surface area contributed by atoms with Crippen molar-refractivity contribution in [3.8, 4) is 5.75 Å². The predicted molar refractivity (Wildman–Crippen MR) is 102 cm³/mol. The number of rotatable bonds is 6. The highest BCUT2D eigenvalue weighted by molar-refractivity contribution is 7.16. The van der Waals surface area contributed by atoms with Crippen LogP contribution in [0.3, 0.4) is 0 Å². The number of nitrogens with one attached hydrogen (secondary N) is 2. The van der Waals surface area contributed by atoms with E-state index >= 15 is 0 Å². The second kappa shape index (κ2) is 7.76. The number of halogens is 2. The lowest BCUT2D eigenvalue weighted by atomic mass is 10.1. The SMILES string of the molecule is O=c1[nH]c2cc(O)cc(C(O)CNCCc3ccc(Cl)c(Cl)c3)c2s1. The van der Waals surface area contributed by atoms with Gasteiger partial charge in [-0.1, -0.05) is 40.6 Å². The Morgan fingerprint density at radius 3 is 2.76 bits per heavy atom. The van der Waals surface area contributed by atoms with Crippen molar-refractivity contribution in [2.45, 2.75) is 12.5 Å². The van der Waals surface area contributed by atoms with E-state index in [1.165, 1.54) is 12.1 Å². The van der Waals surface area contributed by atoms with Crippen molar-refractivity contribution in [3.05, 3.63) is 61.2 Å². The third-order valence-corrected chi connectivity index (χ3v) is 5.49. The van der Waals surface area contributed by atoms with E-state index < -0.39 is 6.10 Å². The summed E-state index contributed by atoms with van der Waals surface area (Å²) in [4.78, 5) is 13.9. The Morgan fingerprint density at radius 2 is 2.00 bits per heavy atom. The van der Waals surface area contributed by atoms with Crippen molar-refractivity contribution in [2.24, 2.45) is 0 Å². The van der Waals surface area contributed by atoms with Crippen molar-refractivity contribution in [2.75, 3.05) is 13.1 Å². The lowest BCUT2D eigenvalue weighted by Gasteiger charge is -2.13. The van der Waals surface area contributed by atoms with Gasteiger partial charge < -0.3 is 20.5 Å². The molecule has 0 radical (unpaired) electrons. The van der Waals surface area contributed by atoms with Crippen LogP contribution in [0.2, 0.25) is 10.0 Å². The number of aromatic hydroxyl groups is 1. The van der Waals surface area contributed by atoms with Gasteiger partial charge in [0.1, 0.15) is 5.75 Å². The maximum atomic E-state index is 11.5. The molecule has 0 spiro atoms. The topological polar surface area (TPSA) is 85.4 Å². The molecular weight excluding hydrogens is 383 g/mol. The minimum Gasteiger partial charge on any atom is -0.508 e. The first-order valence-corrected chi connectivity index (χ1v) is 9.19. The quantitative estimate of drug-likeness (QED) is 0.479. The van der Waals surface area contributed by atoms with Gasteiger partial charge in [0.2, 0.25) is 0 Å². The molecule has 0 fully saturated rings. The molecule has 0 amide bonds. The number of aromatic amines is 1. The smallest absolute Gasteiger partial charge is 0.305 e. The Kier molecular flexibility index (Phi) is 5.66.